The highest BCUT2D eigenvalue weighted by molar-refractivity contribution is 7.03. The second-order valence-electron chi connectivity index (χ2n) is 7.43. The Balaban J connectivity index is 1.98. The van der Waals surface area contributed by atoms with Gasteiger partial charge in [-0.2, -0.15) is 0 Å². The Labute approximate surface area is 175 Å². The van der Waals surface area contributed by atoms with Gasteiger partial charge in [0.2, 0.25) is 5.91 Å². The first-order chi connectivity index (χ1) is 14.0. The molecule has 0 saturated heterocycles. The summed E-state index contributed by atoms with van der Waals surface area (Å²) in [6.07, 6.45) is 4.92. The lowest BCUT2D eigenvalue weighted by Gasteiger charge is -2.36. The third kappa shape index (κ3) is 4.93. The lowest BCUT2D eigenvalue weighted by molar-refractivity contribution is -0.127. The molecule has 2 aromatic rings. The van der Waals surface area contributed by atoms with Crippen molar-refractivity contribution in [3.63, 3.8) is 0 Å². The van der Waals surface area contributed by atoms with Gasteiger partial charge in [0, 0.05) is 17.5 Å². The van der Waals surface area contributed by atoms with Gasteiger partial charge in [-0.1, -0.05) is 36.4 Å². The molecule has 0 radical (unpaired) electrons. The highest BCUT2D eigenvalue weighted by Gasteiger charge is 2.36. The number of rotatable bonds is 8. The van der Waals surface area contributed by atoms with Crippen molar-refractivity contribution < 1.29 is 14.3 Å². The summed E-state index contributed by atoms with van der Waals surface area (Å²) >= 11 is 1.13. The average Bonchev–Trinajstić information content (AvgIpc) is 3.45. The molecule has 0 unspecified atom stereocenters. The number of carbonyl (C=O) groups excluding carboxylic acids is 2. The molecular weight excluding hydrogens is 388 g/mol. The van der Waals surface area contributed by atoms with Gasteiger partial charge in [0.05, 0.1) is 7.11 Å². The maximum absolute atomic E-state index is 13.4. The van der Waals surface area contributed by atoms with E-state index in [1.807, 2.05) is 38.1 Å². The van der Waals surface area contributed by atoms with Gasteiger partial charge in [0.1, 0.15) is 11.8 Å². The molecule has 1 aliphatic carbocycles. The molecule has 0 aliphatic heterocycles. The molecule has 0 bridgehead atoms. The third-order valence-electron chi connectivity index (χ3n) is 5.54. The van der Waals surface area contributed by atoms with Crippen LogP contribution in [-0.2, 0) is 4.79 Å². The molecule has 1 aromatic carbocycles. The minimum Gasteiger partial charge on any atom is -0.497 e. The largest absolute Gasteiger partial charge is 0.497 e. The summed E-state index contributed by atoms with van der Waals surface area (Å²) in [5.74, 6) is 0.267. The van der Waals surface area contributed by atoms with E-state index in [4.69, 9.17) is 4.74 Å². The van der Waals surface area contributed by atoms with Gasteiger partial charge in [0.15, 0.2) is 5.69 Å². The van der Waals surface area contributed by atoms with E-state index in [1.54, 1.807) is 17.4 Å². The minimum absolute atomic E-state index is 0.148. The first-order valence-electron chi connectivity index (χ1n) is 10.1. The zero-order chi connectivity index (χ0) is 20.8. The van der Waals surface area contributed by atoms with E-state index in [1.165, 1.54) is 0 Å². The molecular formula is C21H28N4O3S. The molecule has 1 aromatic heterocycles. The van der Waals surface area contributed by atoms with Gasteiger partial charge in [-0.15, -0.1) is 5.10 Å². The van der Waals surface area contributed by atoms with Crippen LogP contribution < -0.4 is 10.1 Å². The zero-order valence-electron chi connectivity index (χ0n) is 17.1. The topological polar surface area (TPSA) is 84.4 Å². The van der Waals surface area contributed by atoms with Crippen molar-refractivity contribution in [1.29, 1.82) is 0 Å². The summed E-state index contributed by atoms with van der Waals surface area (Å²) < 4.78 is 9.08. The summed E-state index contributed by atoms with van der Waals surface area (Å²) in [5.41, 5.74) is 1.01. The fourth-order valence-corrected chi connectivity index (χ4v) is 4.16. The van der Waals surface area contributed by atoms with Crippen molar-refractivity contribution in [3.05, 3.63) is 40.9 Å². The normalized spacial score (nSPS) is 16.2. The highest BCUT2D eigenvalue weighted by Crippen LogP contribution is 2.29. The molecule has 0 spiro atoms. The molecule has 1 heterocycles. The SMILES string of the molecule is CC[C@@H](C)N(C(=O)c1csnn1)[C@@H](C(=O)NC1CCCC1)c1ccc(OC)cc1. The van der Waals surface area contributed by atoms with Crippen molar-refractivity contribution in [2.75, 3.05) is 7.11 Å². The Morgan fingerprint density at radius 1 is 1.28 bits per heavy atom. The van der Waals surface area contributed by atoms with Crippen LogP contribution in [0.15, 0.2) is 29.6 Å². The van der Waals surface area contributed by atoms with E-state index in [9.17, 15) is 9.59 Å². The number of methoxy groups -OCH3 is 1. The van der Waals surface area contributed by atoms with Crippen LogP contribution in [0.5, 0.6) is 5.75 Å². The van der Waals surface area contributed by atoms with Gasteiger partial charge in [-0.05, 0) is 55.4 Å². The standard InChI is InChI=1S/C21H28N4O3S/c1-4-14(2)25(21(27)18-13-29-24-23-18)19(15-9-11-17(28-3)12-10-15)20(26)22-16-7-5-6-8-16/h9-14,16,19H,4-8H2,1-3H3,(H,22,26)/t14-,19-/m1/s1. The fraction of sp³-hybridized carbons (Fsp3) is 0.524. The number of amides is 2. The van der Waals surface area contributed by atoms with Crippen LogP contribution in [-0.4, -0.2) is 45.5 Å². The lowest BCUT2D eigenvalue weighted by atomic mass is 10.00. The van der Waals surface area contributed by atoms with Crippen LogP contribution in [0.4, 0.5) is 0 Å². The first kappa shape index (κ1) is 21.2. The van der Waals surface area contributed by atoms with Gasteiger partial charge < -0.3 is 15.0 Å². The Hall–Kier alpha value is -2.48. The number of benzene rings is 1. The van der Waals surface area contributed by atoms with Gasteiger partial charge in [0.25, 0.3) is 5.91 Å². The van der Waals surface area contributed by atoms with Crippen molar-refractivity contribution in [3.8, 4) is 5.75 Å². The summed E-state index contributed by atoms with van der Waals surface area (Å²) in [5, 5.41) is 8.74. The molecule has 29 heavy (non-hydrogen) atoms. The predicted molar refractivity (Wildman–Crippen MR) is 112 cm³/mol. The fourth-order valence-electron chi connectivity index (χ4n) is 3.73. The highest BCUT2D eigenvalue weighted by atomic mass is 32.1. The number of nitrogens with zero attached hydrogens (tertiary/aromatic N) is 3. The molecule has 156 valence electrons. The molecule has 1 saturated carbocycles. The minimum atomic E-state index is -0.745. The molecule has 1 aliphatic rings. The second-order valence-corrected chi connectivity index (χ2v) is 8.04. The number of ether oxygens (including phenoxy) is 1. The quantitative estimate of drug-likeness (QED) is 0.711. The van der Waals surface area contributed by atoms with E-state index in [0.717, 1.165) is 42.8 Å². The van der Waals surface area contributed by atoms with E-state index in [0.29, 0.717) is 12.2 Å². The van der Waals surface area contributed by atoms with Crippen LogP contribution in [0, 0.1) is 0 Å². The van der Waals surface area contributed by atoms with Crippen LogP contribution in [0.25, 0.3) is 0 Å². The van der Waals surface area contributed by atoms with Gasteiger partial charge in [-0.25, -0.2) is 0 Å². The van der Waals surface area contributed by atoms with Crippen LogP contribution in [0.1, 0.15) is 68.0 Å². The molecule has 2 atom stereocenters. The number of nitrogens with one attached hydrogen (secondary N) is 1. The smallest absolute Gasteiger partial charge is 0.276 e. The summed E-state index contributed by atoms with van der Waals surface area (Å²) in [6.45, 7) is 3.96. The maximum atomic E-state index is 13.4. The van der Waals surface area contributed by atoms with Gasteiger partial charge in [-0.3, -0.25) is 9.59 Å². The zero-order valence-corrected chi connectivity index (χ0v) is 17.9. The molecule has 1 fully saturated rings. The molecule has 3 rings (SSSR count). The summed E-state index contributed by atoms with van der Waals surface area (Å²) in [6, 6.07) is 6.60. The number of carbonyl (C=O) groups is 2. The first-order valence-corrected chi connectivity index (χ1v) is 10.9. The van der Waals surface area contributed by atoms with Crippen LogP contribution >= 0.6 is 11.5 Å². The van der Waals surface area contributed by atoms with Crippen molar-refractivity contribution in [1.82, 2.24) is 19.8 Å². The van der Waals surface area contributed by atoms with E-state index >= 15 is 0 Å². The monoisotopic (exact) mass is 416 g/mol. The summed E-state index contributed by atoms with van der Waals surface area (Å²) in [7, 11) is 1.60. The van der Waals surface area contributed by atoms with Crippen LogP contribution in [0.3, 0.4) is 0 Å². The maximum Gasteiger partial charge on any atom is 0.276 e. The van der Waals surface area contributed by atoms with E-state index in [2.05, 4.69) is 14.9 Å². The Morgan fingerprint density at radius 2 is 1.97 bits per heavy atom. The Bertz CT molecular complexity index is 804. The van der Waals surface area contributed by atoms with E-state index in [-0.39, 0.29) is 29.6 Å². The number of aromatic nitrogens is 2. The molecule has 1 N–H and O–H groups in total. The predicted octanol–water partition coefficient (Wildman–Crippen LogP) is 3.59. The van der Waals surface area contributed by atoms with Crippen LogP contribution in [0.2, 0.25) is 0 Å². The summed E-state index contributed by atoms with van der Waals surface area (Å²) in [4.78, 5) is 28.4. The molecule has 2 amide bonds. The van der Waals surface area contributed by atoms with Crippen molar-refractivity contribution in [2.24, 2.45) is 0 Å². The molecule has 7 nitrogen and oxygen atoms in total. The Kier molecular flexibility index (Phi) is 7.19. The lowest BCUT2D eigenvalue weighted by Crippen LogP contribution is -2.49. The average molecular weight is 417 g/mol. The van der Waals surface area contributed by atoms with Gasteiger partial charge >= 0.3 is 0 Å². The number of hydrogen-bond donors (Lipinski definition) is 1. The van der Waals surface area contributed by atoms with Crippen molar-refractivity contribution >= 4 is 23.3 Å². The third-order valence-corrected chi connectivity index (χ3v) is 6.04. The second kappa shape index (κ2) is 9.82. The molecule has 8 heteroatoms. The van der Waals surface area contributed by atoms with E-state index < -0.39 is 6.04 Å². The van der Waals surface area contributed by atoms with Crippen molar-refractivity contribution in [2.45, 2.75) is 64.1 Å². The number of hydrogen-bond acceptors (Lipinski definition) is 6. The Morgan fingerprint density at radius 3 is 2.52 bits per heavy atom.